The number of aldehydes is 2. The molecule has 0 spiro atoms. The summed E-state index contributed by atoms with van der Waals surface area (Å²) in [5.74, 6) is -9.33. The number of carboxylic acid groups (broad SMARTS) is 2. The predicted octanol–water partition coefficient (Wildman–Crippen LogP) is 14.1. The normalized spacial score (nSPS) is 10.9. The molecule has 0 fully saturated rings. The minimum absolute atomic E-state index is 0. The molecular formula is C66H82Cl2F15LiO23S2Si. The second-order valence-electron chi connectivity index (χ2n) is 20.0. The Hall–Kier alpha value is -8.48. The predicted molar refractivity (Wildman–Crippen MR) is 375 cm³/mol. The first kappa shape index (κ1) is 122. The number of alkyl halides is 15. The fourth-order valence-electron chi connectivity index (χ4n) is 6.65. The number of halogens is 17. The molecule has 6 aromatic rings. The second-order valence-corrected chi connectivity index (χ2v) is 29.0. The van der Waals surface area contributed by atoms with Gasteiger partial charge in [0, 0.05) is 40.0 Å². The molecule has 23 nitrogen and oxygen atoms in total. The van der Waals surface area contributed by atoms with Crippen molar-refractivity contribution in [3.05, 3.63) is 212 Å². The van der Waals surface area contributed by atoms with E-state index in [4.69, 9.17) is 32.8 Å². The quantitative estimate of drug-likeness (QED) is 0.0136. The van der Waals surface area contributed by atoms with Crippen LogP contribution in [0.1, 0.15) is 147 Å². The Morgan fingerprint density at radius 3 is 0.964 bits per heavy atom. The zero-order valence-electron chi connectivity index (χ0n) is 56.5. The van der Waals surface area contributed by atoms with Gasteiger partial charge in [-0.1, -0.05) is 159 Å². The Morgan fingerprint density at radius 2 is 0.691 bits per heavy atom. The number of carbonyl (C=O) groups excluding carboxylic acids is 6. The van der Waals surface area contributed by atoms with Gasteiger partial charge < -0.3 is 44.5 Å². The second kappa shape index (κ2) is 56.7. The van der Waals surface area contributed by atoms with E-state index in [1.54, 1.807) is 36.4 Å². The van der Waals surface area contributed by atoms with Gasteiger partial charge in [-0.2, -0.15) is 74.3 Å². The van der Waals surface area contributed by atoms with Crippen LogP contribution >= 0.6 is 23.1 Å². The van der Waals surface area contributed by atoms with Crippen molar-refractivity contribution in [3.8, 4) is 0 Å². The largest absolute Gasteiger partial charge is 1.00 e. The molecule has 0 aliphatic heterocycles. The van der Waals surface area contributed by atoms with Gasteiger partial charge in [0.25, 0.3) is 0 Å². The smallest absolute Gasteiger partial charge is 0.870 e. The molecule has 0 bridgehead atoms. The fraction of sp³-hybridized carbons (Fsp3) is 0.333. The zero-order valence-corrected chi connectivity index (χ0v) is 60.7. The number of benzene rings is 6. The van der Waals surface area contributed by atoms with Crippen LogP contribution in [0.5, 0.6) is 0 Å². The van der Waals surface area contributed by atoms with Crippen molar-refractivity contribution in [1.82, 2.24) is 0 Å². The monoisotopic (exact) mass is 1700 g/mol. The Balaban J connectivity index is -0.000000129. The maximum atomic E-state index is 12.7. The SMILES string of the molecule is C.C.C.C.COC(=O)c1ccccc1C(O)C(F)(F)F.COC(=O)c1ccccc1C(OC)C(F)(F)F.COC(=O)c1ccccc1C=O.COC(=O)c1ccccc1CC(F)(F)F.CS(=O)(=O)Cl.C[Si](C)(C)C(F)(F)F.Cl.O=C(O)c1ccccc1CC(F)(F)F.O=Cc1ccccc1C(=O)O.O=S(=O)(O)O.[Li+].[OH-]. The van der Waals surface area contributed by atoms with Gasteiger partial charge in [0.2, 0.25) is 9.05 Å². The van der Waals surface area contributed by atoms with Crippen molar-refractivity contribution in [2.45, 2.75) is 105 Å². The molecule has 6 aromatic carbocycles. The van der Waals surface area contributed by atoms with E-state index in [0.29, 0.717) is 23.7 Å². The average Bonchev–Trinajstić information content (AvgIpc) is 0.819. The molecule has 110 heavy (non-hydrogen) atoms. The van der Waals surface area contributed by atoms with E-state index < -0.39 is 124 Å². The Bertz CT molecular complexity index is 3900. The molecular weight excluding hydrogens is 1620 g/mol. The van der Waals surface area contributed by atoms with Crippen LogP contribution in [0, 0.1) is 0 Å². The summed E-state index contributed by atoms with van der Waals surface area (Å²) in [6, 6.07) is 33.4. The Labute approximate surface area is 648 Å². The zero-order chi connectivity index (χ0) is 80.9. The van der Waals surface area contributed by atoms with Crippen LogP contribution in [-0.2, 0) is 56.0 Å². The molecule has 0 amide bonds. The third kappa shape index (κ3) is 53.4. The van der Waals surface area contributed by atoms with E-state index in [9.17, 15) is 113 Å². The summed E-state index contributed by atoms with van der Waals surface area (Å²) in [7, 11) is -0.707. The number of carbonyl (C=O) groups is 8. The summed E-state index contributed by atoms with van der Waals surface area (Å²) in [5, 5.41) is 26.2. The van der Waals surface area contributed by atoms with E-state index in [0.717, 1.165) is 59.0 Å². The van der Waals surface area contributed by atoms with Crippen LogP contribution in [0.3, 0.4) is 0 Å². The number of carboxylic acids is 2. The van der Waals surface area contributed by atoms with Gasteiger partial charge in [-0.05, 0) is 47.5 Å². The Morgan fingerprint density at radius 1 is 0.455 bits per heavy atom. The number of ether oxygens (including phenoxy) is 5. The fourth-order valence-corrected chi connectivity index (χ4v) is 6.65. The van der Waals surface area contributed by atoms with Crippen LogP contribution in [0.4, 0.5) is 65.9 Å². The molecule has 0 radical (unpaired) electrons. The summed E-state index contributed by atoms with van der Waals surface area (Å²) in [6.07, 6.45) is -23.2. The van der Waals surface area contributed by atoms with Crippen LogP contribution in [0.2, 0.25) is 19.6 Å². The van der Waals surface area contributed by atoms with Gasteiger partial charge in [0.15, 0.2) is 32.9 Å². The van der Waals surface area contributed by atoms with Crippen molar-refractivity contribution in [2.24, 2.45) is 0 Å². The van der Waals surface area contributed by atoms with Gasteiger partial charge in [-0.25, -0.2) is 37.2 Å². The molecule has 0 aromatic heterocycles. The molecule has 620 valence electrons. The number of aromatic carboxylic acids is 2. The number of methoxy groups -OCH3 is 5. The molecule has 2 unspecified atom stereocenters. The number of aliphatic hydroxyl groups is 1. The van der Waals surface area contributed by atoms with Crippen LogP contribution in [0.15, 0.2) is 146 Å². The molecule has 6 rings (SSSR count). The van der Waals surface area contributed by atoms with Crippen molar-refractivity contribution >= 4 is 99.0 Å². The van der Waals surface area contributed by atoms with Crippen LogP contribution < -0.4 is 18.9 Å². The van der Waals surface area contributed by atoms with Gasteiger partial charge in [-0.3, -0.25) is 18.7 Å². The summed E-state index contributed by atoms with van der Waals surface area (Å²) in [5.41, 5.74) is -0.946. The van der Waals surface area contributed by atoms with E-state index in [1.807, 2.05) is 0 Å². The number of hydrogen-bond donors (Lipinski definition) is 5. The average molecular weight is 1700 g/mol. The minimum Gasteiger partial charge on any atom is -0.870 e. The first-order valence-electron chi connectivity index (χ1n) is 27.3. The molecule has 2 atom stereocenters. The third-order valence-corrected chi connectivity index (χ3v) is 13.0. The minimum atomic E-state index is -4.82. The molecule has 0 aliphatic rings. The first-order valence-corrected chi connectivity index (χ1v) is 34.9. The molecule has 44 heteroatoms. The maximum absolute atomic E-state index is 12.7. The van der Waals surface area contributed by atoms with E-state index in [1.165, 1.54) is 112 Å². The van der Waals surface area contributed by atoms with Gasteiger partial charge in [-0.15, -0.1) is 12.4 Å². The first-order chi connectivity index (χ1) is 46.9. The van der Waals surface area contributed by atoms with Crippen molar-refractivity contribution < 1.29 is 193 Å². The topological polar surface area (TPSA) is 382 Å². The summed E-state index contributed by atoms with van der Waals surface area (Å²) < 4.78 is 255. The summed E-state index contributed by atoms with van der Waals surface area (Å²) >= 11 is 0. The van der Waals surface area contributed by atoms with Gasteiger partial charge in [0.05, 0.1) is 80.9 Å². The summed E-state index contributed by atoms with van der Waals surface area (Å²) in [4.78, 5) is 86.3. The molecule has 0 heterocycles. The number of rotatable bonds is 13. The third-order valence-electron chi connectivity index (χ3n) is 11.3. The number of aliphatic hydroxyl groups excluding tert-OH is 1. The van der Waals surface area contributed by atoms with Crippen molar-refractivity contribution in [3.63, 3.8) is 0 Å². The molecule has 0 saturated carbocycles. The van der Waals surface area contributed by atoms with Crippen LogP contribution in [0.25, 0.3) is 0 Å². The number of hydrogen-bond acceptors (Lipinski definition) is 19. The maximum Gasteiger partial charge on any atom is 1.00 e. The van der Waals surface area contributed by atoms with E-state index in [-0.39, 0.29) is 117 Å². The summed E-state index contributed by atoms with van der Waals surface area (Å²) in [6.45, 7) is 3.85. The number of esters is 4. The standard InChI is InChI=1S/C11H11F3O3.C10H9F3O3.C10H9F3O2.C9H7F3O2.C9H8O3.C8H6O3.C4H9F3Si.CH3ClO2S.4CH4.ClH.Li.H2O4S.H2O/c1-16-9(11(12,13)14)7-5-3-4-6-8(7)10(15)17-2;1-16-9(15)7-5-3-2-4-6(7)8(14)10(11,12)13;1-15-9(14)8-5-3-2-4-7(8)6-10(11,12)13;10-9(11,12)5-6-3-1-2-4-7(6)8(13)14;1-12-9(11)8-5-3-2-4-7(8)6-10;9-5-6-3-1-2-4-7(6)8(10)11;1-8(2,3)4(5,6)7;1-5(2,3)4;;;;;;;1-5(2,3)4;/h3-6,9H,1-2H3;2-5,8,14H,1H3;2-5H,6H2,1H3;1-4H,5H2,(H,13,14);2-6H,1H3;1-5H,(H,10,11);1-3H3;1H3;4*1H4;1H;;(H2,1,2,3,4);1H2/q;;;;;;;;;;;;;+1;;/p-1. The van der Waals surface area contributed by atoms with Crippen molar-refractivity contribution in [2.75, 3.05) is 41.8 Å². The molecule has 0 saturated heterocycles. The van der Waals surface area contributed by atoms with Crippen LogP contribution in [-0.4, -0.2) is 176 Å². The molecule has 0 aliphatic carbocycles. The molecule has 6 N–H and O–H groups in total. The van der Waals surface area contributed by atoms with Crippen molar-refractivity contribution in [1.29, 1.82) is 0 Å². The Kier molecular flexibility index (Phi) is 63.1. The van der Waals surface area contributed by atoms with Gasteiger partial charge in [0.1, 0.15) is 0 Å². The van der Waals surface area contributed by atoms with Gasteiger partial charge >= 0.3 is 95.6 Å². The van der Waals surface area contributed by atoms with E-state index >= 15 is 0 Å². The van der Waals surface area contributed by atoms with E-state index in [2.05, 4.69) is 34.4 Å².